The van der Waals surface area contributed by atoms with Crippen molar-refractivity contribution in [3.8, 4) is 5.69 Å². The van der Waals surface area contributed by atoms with Gasteiger partial charge in [0, 0.05) is 16.1 Å². The van der Waals surface area contributed by atoms with E-state index in [2.05, 4.69) is 25.6 Å². The third-order valence-corrected chi connectivity index (χ3v) is 4.40. The molecule has 0 aliphatic carbocycles. The number of rotatable bonds is 3. The fourth-order valence-electron chi connectivity index (χ4n) is 2.79. The summed E-state index contributed by atoms with van der Waals surface area (Å²) in [7, 11) is 0. The Hall–Kier alpha value is -3.19. The Labute approximate surface area is 154 Å². The van der Waals surface area contributed by atoms with E-state index in [4.69, 9.17) is 11.6 Å². The number of carbonyl (C=O) groups is 1. The molecule has 26 heavy (non-hydrogen) atoms. The van der Waals surface area contributed by atoms with Crippen molar-refractivity contribution in [2.45, 2.75) is 13.8 Å². The summed E-state index contributed by atoms with van der Waals surface area (Å²) in [6.45, 7) is 3.74. The lowest BCUT2D eigenvalue weighted by Gasteiger charge is -2.07. The number of H-pyrrole nitrogens is 1. The molecule has 0 fully saturated rings. The molecule has 0 bridgehead atoms. The number of fused-ring (bicyclic) bond motifs is 1. The van der Waals surface area contributed by atoms with Gasteiger partial charge in [-0.15, -0.1) is 0 Å². The molecular weight excluding hydrogens is 352 g/mol. The van der Waals surface area contributed by atoms with Crippen LogP contribution in [-0.2, 0) is 0 Å². The number of pyridine rings is 1. The van der Waals surface area contributed by atoms with Gasteiger partial charge in [-0.25, -0.2) is 9.67 Å². The van der Waals surface area contributed by atoms with Crippen molar-refractivity contribution in [3.63, 3.8) is 0 Å². The van der Waals surface area contributed by atoms with Crippen LogP contribution in [0, 0.1) is 13.8 Å². The van der Waals surface area contributed by atoms with Crippen LogP contribution in [0.1, 0.15) is 21.7 Å². The molecule has 0 aliphatic rings. The molecule has 130 valence electrons. The number of nitrogens with zero attached hydrogens (tertiary/aromatic N) is 4. The second-order valence-electron chi connectivity index (χ2n) is 5.93. The van der Waals surface area contributed by atoms with Crippen LogP contribution < -0.4 is 5.32 Å². The van der Waals surface area contributed by atoms with E-state index in [9.17, 15) is 4.79 Å². The molecule has 8 heteroatoms. The summed E-state index contributed by atoms with van der Waals surface area (Å²) in [5, 5.41) is 15.6. The summed E-state index contributed by atoms with van der Waals surface area (Å²) in [6.07, 6.45) is 3.12. The number of aromatic nitrogens is 5. The monoisotopic (exact) mass is 366 g/mol. The molecule has 1 aromatic carbocycles. The second-order valence-corrected chi connectivity index (χ2v) is 6.37. The first-order valence-electron chi connectivity index (χ1n) is 7.95. The summed E-state index contributed by atoms with van der Waals surface area (Å²) in [5.74, 6) is -0.252. The van der Waals surface area contributed by atoms with Crippen LogP contribution in [0.15, 0.2) is 42.7 Å². The van der Waals surface area contributed by atoms with E-state index >= 15 is 0 Å². The Bertz CT molecular complexity index is 1130. The van der Waals surface area contributed by atoms with Crippen LogP contribution >= 0.6 is 11.6 Å². The van der Waals surface area contributed by atoms with Crippen LogP contribution in [-0.4, -0.2) is 30.9 Å². The molecule has 0 aliphatic heterocycles. The summed E-state index contributed by atoms with van der Waals surface area (Å²) < 4.78 is 1.68. The molecule has 7 nitrogen and oxygen atoms in total. The predicted molar refractivity (Wildman–Crippen MR) is 99.9 cm³/mol. The number of benzene rings is 1. The van der Waals surface area contributed by atoms with E-state index in [1.807, 2.05) is 32.0 Å². The SMILES string of the molecule is Cc1[nH]nc2ncc(NC(=O)c3cnn(-c4cccc(Cl)c4)c3C)cc12. The molecule has 1 amide bonds. The molecule has 0 radical (unpaired) electrons. The number of hydrogen-bond acceptors (Lipinski definition) is 4. The molecule has 4 aromatic rings. The Kier molecular flexibility index (Phi) is 3.93. The van der Waals surface area contributed by atoms with E-state index < -0.39 is 0 Å². The van der Waals surface area contributed by atoms with E-state index in [0.717, 1.165) is 22.5 Å². The zero-order valence-corrected chi connectivity index (χ0v) is 14.9. The number of aromatic amines is 1. The fraction of sp³-hybridized carbons (Fsp3) is 0.111. The van der Waals surface area contributed by atoms with E-state index in [0.29, 0.717) is 21.9 Å². The molecule has 0 spiro atoms. The van der Waals surface area contributed by atoms with E-state index in [-0.39, 0.29) is 5.91 Å². The first-order valence-corrected chi connectivity index (χ1v) is 8.33. The van der Waals surface area contributed by atoms with Crippen molar-refractivity contribution in [3.05, 3.63) is 64.7 Å². The van der Waals surface area contributed by atoms with Gasteiger partial charge < -0.3 is 5.32 Å². The van der Waals surface area contributed by atoms with Crippen LogP contribution in [0.5, 0.6) is 0 Å². The van der Waals surface area contributed by atoms with Gasteiger partial charge in [-0.2, -0.15) is 10.2 Å². The lowest BCUT2D eigenvalue weighted by Crippen LogP contribution is -2.13. The number of halogens is 1. The molecule has 0 atom stereocenters. The number of amides is 1. The molecule has 0 saturated heterocycles. The fourth-order valence-corrected chi connectivity index (χ4v) is 2.97. The van der Waals surface area contributed by atoms with Gasteiger partial charge in [0.15, 0.2) is 5.65 Å². The number of hydrogen-bond donors (Lipinski definition) is 2. The van der Waals surface area contributed by atoms with Gasteiger partial charge in [0.25, 0.3) is 5.91 Å². The topological polar surface area (TPSA) is 88.5 Å². The minimum Gasteiger partial charge on any atom is -0.320 e. The normalized spacial score (nSPS) is 11.0. The quantitative estimate of drug-likeness (QED) is 0.579. The lowest BCUT2D eigenvalue weighted by atomic mass is 10.2. The highest BCUT2D eigenvalue weighted by molar-refractivity contribution is 6.30. The van der Waals surface area contributed by atoms with Crippen molar-refractivity contribution < 1.29 is 4.79 Å². The molecule has 4 rings (SSSR count). The van der Waals surface area contributed by atoms with Gasteiger partial charge in [0.2, 0.25) is 0 Å². The first-order chi connectivity index (χ1) is 12.5. The summed E-state index contributed by atoms with van der Waals surface area (Å²) in [4.78, 5) is 16.9. The number of nitrogens with one attached hydrogen (secondary N) is 2. The number of carbonyl (C=O) groups excluding carboxylic acids is 1. The average molecular weight is 367 g/mol. The third kappa shape index (κ3) is 2.82. The smallest absolute Gasteiger partial charge is 0.259 e. The average Bonchev–Trinajstić information content (AvgIpc) is 3.18. The molecule has 0 saturated carbocycles. The summed E-state index contributed by atoms with van der Waals surface area (Å²) in [5.41, 5.74) is 4.11. The molecule has 3 heterocycles. The molecule has 0 unspecified atom stereocenters. The van der Waals surface area contributed by atoms with Crippen molar-refractivity contribution in [2.24, 2.45) is 0 Å². The zero-order chi connectivity index (χ0) is 18.3. The minimum atomic E-state index is -0.252. The summed E-state index contributed by atoms with van der Waals surface area (Å²) >= 11 is 6.04. The van der Waals surface area contributed by atoms with Gasteiger partial charge >= 0.3 is 0 Å². The third-order valence-electron chi connectivity index (χ3n) is 4.17. The highest BCUT2D eigenvalue weighted by atomic mass is 35.5. The largest absolute Gasteiger partial charge is 0.320 e. The predicted octanol–water partition coefficient (Wildman–Crippen LogP) is 3.67. The standard InChI is InChI=1S/C18H15ClN6O/c1-10-15-7-13(8-20-17(15)24-23-10)22-18(26)16-9-21-25(11(16)2)14-5-3-4-12(19)6-14/h3-9H,1-2H3,(H,22,26)(H,20,23,24). The van der Waals surface area contributed by atoms with Gasteiger partial charge in [0.1, 0.15) is 0 Å². The van der Waals surface area contributed by atoms with Gasteiger partial charge in [-0.1, -0.05) is 17.7 Å². The molecule has 2 N–H and O–H groups in total. The van der Waals surface area contributed by atoms with Crippen molar-refractivity contribution >= 4 is 34.2 Å². The van der Waals surface area contributed by atoms with Crippen LogP contribution in [0.3, 0.4) is 0 Å². The van der Waals surface area contributed by atoms with Crippen LogP contribution in [0.4, 0.5) is 5.69 Å². The summed E-state index contributed by atoms with van der Waals surface area (Å²) in [6, 6.07) is 9.15. The first kappa shape index (κ1) is 16.3. The Morgan fingerprint density at radius 1 is 1.23 bits per heavy atom. The van der Waals surface area contributed by atoms with Gasteiger partial charge in [-0.3, -0.25) is 9.89 Å². The highest BCUT2D eigenvalue weighted by Crippen LogP contribution is 2.21. The highest BCUT2D eigenvalue weighted by Gasteiger charge is 2.16. The second kappa shape index (κ2) is 6.27. The number of aryl methyl sites for hydroxylation is 1. The van der Waals surface area contributed by atoms with Crippen molar-refractivity contribution in [1.82, 2.24) is 25.0 Å². The number of anilines is 1. The van der Waals surface area contributed by atoms with Crippen LogP contribution in [0.2, 0.25) is 5.02 Å². The van der Waals surface area contributed by atoms with Crippen molar-refractivity contribution in [1.29, 1.82) is 0 Å². The van der Waals surface area contributed by atoms with Crippen LogP contribution in [0.25, 0.3) is 16.7 Å². The molecular formula is C18H15ClN6O. The Morgan fingerprint density at radius 2 is 2.08 bits per heavy atom. The molecule has 3 aromatic heterocycles. The Morgan fingerprint density at radius 3 is 2.88 bits per heavy atom. The van der Waals surface area contributed by atoms with Gasteiger partial charge in [0.05, 0.1) is 35.0 Å². The maximum absolute atomic E-state index is 12.7. The maximum atomic E-state index is 12.7. The van der Waals surface area contributed by atoms with E-state index in [1.165, 1.54) is 0 Å². The van der Waals surface area contributed by atoms with Crippen molar-refractivity contribution in [2.75, 3.05) is 5.32 Å². The minimum absolute atomic E-state index is 0.252. The Balaban J connectivity index is 1.63. The van der Waals surface area contributed by atoms with Gasteiger partial charge in [-0.05, 0) is 38.1 Å². The lowest BCUT2D eigenvalue weighted by molar-refractivity contribution is 0.102. The maximum Gasteiger partial charge on any atom is 0.259 e. The zero-order valence-electron chi connectivity index (χ0n) is 14.1. The van der Waals surface area contributed by atoms with E-state index in [1.54, 1.807) is 29.2 Å².